The minimum atomic E-state index is -0.764. The van der Waals surface area contributed by atoms with Crippen molar-refractivity contribution < 1.29 is 9.90 Å². The van der Waals surface area contributed by atoms with Gasteiger partial charge in [0.25, 0.3) is 0 Å². The number of carboxylic acids is 1. The molecule has 1 aliphatic carbocycles. The van der Waals surface area contributed by atoms with E-state index >= 15 is 0 Å². The van der Waals surface area contributed by atoms with Crippen molar-refractivity contribution in [2.24, 2.45) is 5.92 Å². The zero-order chi connectivity index (χ0) is 14.8. The van der Waals surface area contributed by atoms with Crippen LogP contribution in [0, 0.1) is 5.92 Å². The lowest BCUT2D eigenvalue weighted by molar-refractivity contribution is -0.140. The van der Waals surface area contributed by atoms with Gasteiger partial charge in [-0.15, -0.1) is 0 Å². The largest absolute Gasteiger partial charge is 0.480 e. The summed E-state index contributed by atoms with van der Waals surface area (Å²) in [5.41, 5.74) is 1.98. The van der Waals surface area contributed by atoms with Crippen molar-refractivity contribution in [1.82, 2.24) is 15.1 Å². The van der Waals surface area contributed by atoms with Crippen molar-refractivity contribution in [1.29, 1.82) is 0 Å². The number of benzene rings is 1. The van der Waals surface area contributed by atoms with Gasteiger partial charge in [-0.25, -0.2) is 4.68 Å². The van der Waals surface area contributed by atoms with Crippen LogP contribution in [-0.4, -0.2) is 26.9 Å². The Morgan fingerprint density at radius 1 is 1.38 bits per heavy atom. The van der Waals surface area contributed by atoms with Crippen LogP contribution in [0.3, 0.4) is 0 Å². The Balaban J connectivity index is 1.72. The van der Waals surface area contributed by atoms with Crippen molar-refractivity contribution in [3.8, 4) is 5.69 Å². The van der Waals surface area contributed by atoms with Crippen LogP contribution in [0.15, 0.2) is 42.7 Å². The van der Waals surface area contributed by atoms with E-state index in [4.69, 9.17) is 0 Å². The number of carbonyl (C=O) groups is 1. The number of hydrogen-bond donors (Lipinski definition) is 2. The summed E-state index contributed by atoms with van der Waals surface area (Å²) in [7, 11) is 0. The van der Waals surface area contributed by atoms with E-state index in [1.54, 1.807) is 10.9 Å². The molecule has 1 fully saturated rings. The van der Waals surface area contributed by atoms with Crippen LogP contribution in [0.1, 0.15) is 31.4 Å². The van der Waals surface area contributed by atoms with E-state index in [1.165, 1.54) is 0 Å². The number of carboxylic acid groups (broad SMARTS) is 1. The van der Waals surface area contributed by atoms with E-state index in [-0.39, 0.29) is 12.0 Å². The van der Waals surface area contributed by atoms with Crippen LogP contribution in [0.25, 0.3) is 5.69 Å². The average Bonchev–Trinajstić information content (AvgIpc) is 3.20. The summed E-state index contributed by atoms with van der Waals surface area (Å²) in [5.74, 6) is -0.492. The van der Waals surface area contributed by atoms with Gasteiger partial charge in [-0.1, -0.05) is 18.2 Å². The van der Waals surface area contributed by atoms with Crippen LogP contribution in [0.5, 0.6) is 0 Å². The summed E-state index contributed by atoms with van der Waals surface area (Å²) in [6.45, 7) is 1.98. The number of aliphatic carboxylic acids is 1. The van der Waals surface area contributed by atoms with E-state index in [0.717, 1.165) is 24.1 Å². The third-order valence-electron chi connectivity index (χ3n) is 3.91. The molecule has 1 aliphatic rings. The molecule has 1 aromatic heterocycles. The first kappa shape index (κ1) is 13.8. The topological polar surface area (TPSA) is 67.2 Å². The molecule has 5 nitrogen and oxygen atoms in total. The lowest BCUT2D eigenvalue weighted by atomic mass is 10.1. The predicted molar refractivity (Wildman–Crippen MR) is 79.3 cm³/mol. The highest BCUT2D eigenvalue weighted by molar-refractivity contribution is 5.74. The molecule has 0 radical (unpaired) electrons. The Hall–Kier alpha value is -2.14. The van der Waals surface area contributed by atoms with Gasteiger partial charge in [0.05, 0.1) is 11.9 Å². The summed E-state index contributed by atoms with van der Waals surface area (Å²) in [4.78, 5) is 11.3. The molecule has 0 amide bonds. The smallest absolute Gasteiger partial charge is 0.320 e. The normalized spacial score (nSPS) is 17.4. The molecular formula is C16H19N3O2. The van der Waals surface area contributed by atoms with Crippen LogP contribution < -0.4 is 5.32 Å². The SMILES string of the molecule is CC(NC(C(=O)O)C1CC1)c1cnn(-c2ccccc2)c1. The van der Waals surface area contributed by atoms with E-state index in [9.17, 15) is 9.90 Å². The minimum Gasteiger partial charge on any atom is -0.480 e. The fraction of sp³-hybridized carbons (Fsp3) is 0.375. The van der Waals surface area contributed by atoms with E-state index in [2.05, 4.69) is 10.4 Å². The van der Waals surface area contributed by atoms with Gasteiger partial charge < -0.3 is 5.11 Å². The van der Waals surface area contributed by atoms with E-state index in [1.807, 2.05) is 43.5 Å². The molecule has 1 aromatic carbocycles. The standard InChI is InChI=1S/C16H19N3O2/c1-11(18-15(16(20)21)12-7-8-12)13-9-17-19(10-13)14-5-3-2-4-6-14/h2-6,9-12,15,18H,7-8H2,1H3,(H,20,21). The highest BCUT2D eigenvalue weighted by atomic mass is 16.4. The summed E-state index contributed by atoms with van der Waals surface area (Å²) >= 11 is 0. The zero-order valence-corrected chi connectivity index (χ0v) is 11.9. The molecule has 0 saturated heterocycles. The molecule has 2 unspecified atom stereocenters. The first-order valence-electron chi connectivity index (χ1n) is 7.24. The van der Waals surface area contributed by atoms with E-state index in [0.29, 0.717) is 0 Å². The fourth-order valence-corrected chi connectivity index (χ4v) is 2.49. The Kier molecular flexibility index (Phi) is 3.75. The summed E-state index contributed by atoms with van der Waals surface area (Å²) in [5, 5.41) is 16.8. The highest BCUT2D eigenvalue weighted by Gasteiger charge is 2.37. The molecule has 2 atom stereocenters. The molecule has 1 saturated carbocycles. The maximum absolute atomic E-state index is 11.3. The maximum Gasteiger partial charge on any atom is 0.320 e. The van der Waals surface area contributed by atoms with Gasteiger partial charge in [0.1, 0.15) is 6.04 Å². The number of rotatable bonds is 6. The summed E-state index contributed by atoms with van der Waals surface area (Å²) in [6.07, 6.45) is 5.73. The van der Waals surface area contributed by atoms with Crippen LogP contribution >= 0.6 is 0 Å². The molecule has 1 heterocycles. The Labute approximate surface area is 123 Å². The molecular weight excluding hydrogens is 266 g/mol. The van der Waals surface area contributed by atoms with Gasteiger partial charge in [-0.05, 0) is 37.8 Å². The van der Waals surface area contributed by atoms with Gasteiger partial charge in [-0.2, -0.15) is 5.10 Å². The van der Waals surface area contributed by atoms with Crippen LogP contribution in [-0.2, 0) is 4.79 Å². The van der Waals surface area contributed by atoms with Gasteiger partial charge >= 0.3 is 5.97 Å². The number of nitrogens with zero attached hydrogens (tertiary/aromatic N) is 2. The molecule has 0 aliphatic heterocycles. The van der Waals surface area contributed by atoms with Gasteiger partial charge in [0.15, 0.2) is 0 Å². The minimum absolute atomic E-state index is 0.0378. The monoisotopic (exact) mass is 285 g/mol. The summed E-state index contributed by atoms with van der Waals surface area (Å²) in [6, 6.07) is 9.37. The van der Waals surface area contributed by atoms with Crippen molar-refractivity contribution in [2.75, 3.05) is 0 Å². The molecule has 2 N–H and O–H groups in total. The van der Waals surface area contributed by atoms with Crippen molar-refractivity contribution in [3.63, 3.8) is 0 Å². The van der Waals surface area contributed by atoms with Crippen molar-refractivity contribution in [2.45, 2.75) is 31.8 Å². The average molecular weight is 285 g/mol. The third kappa shape index (κ3) is 3.13. The molecule has 3 rings (SSSR count). The lowest BCUT2D eigenvalue weighted by Gasteiger charge is -2.18. The predicted octanol–water partition coefficient (Wildman–Crippen LogP) is 2.39. The van der Waals surface area contributed by atoms with Crippen LogP contribution in [0.2, 0.25) is 0 Å². The second-order valence-electron chi connectivity index (χ2n) is 5.60. The van der Waals surface area contributed by atoms with Crippen LogP contribution in [0.4, 0.5) is 0 Å². The number of nitrogens with one attached hydrogen (secondary N) is 1. The quantitative estimate of drug-likeness (QED) is 0.855. The first-order valence-corrected chi connectivity index (χ1v) is 7.24. The number of aromatic nitrogens is 2. The first-order chi connectivity index (χ1) is 10.1. The molecule has 21 heavy (non-hydrogen) atoms. The van der Waals surface area contributed by atoms with E-state index < -0.39 is 12.0 Å². The lowest BCUT2D eigenvalue weighted by Crippen LogP contribution is -2.39. The number of para-hydroxylation sites is 1. The molecule has 2 aromatic rings. The fourth-order valence-electron chi connectivity index (χ4n) is 2.49. The van der Waals surface area contributed by atoms with Gasteiger partial charge in [-0.3, -0.25) is 10.1 Å². The van der Waals surface area contributed by atoms with Crippen molar-refractivity contribution in [3.05, 3.63) is 48.3 Å². The second-order valence-corrected chi connectivity index (χ2v) is 5.60. The van der Waals surface area contributed by atoms with Gasteiger partial charge in [0.2, 0.25) is 0 Å². The summed E-state index contributed by atoms with van der Waals surface area (Å²) < 4.78 is 1.81. The Morgan fingerprint density at radius 2 is 2.10 bits per heavy atom. The Morgan fingerprint density at radius 3 is 2.71 bits per heavy atom. The van der Waals surface area contributed by atoms with Crippen molar-refractivity contribution >= 4 is 5.97 Å². The molecule has 110 valence electrons. The Bertz CT molecular complexity index is 619. The highest BCUT2D eigenvalue weighted by Crippen LogP contribution is 2.33. The van der Waals surface area contributed by atoms with Gasteiger partial charge in [0, 0.05) is 17.8 Å². The molecule has 0 bridgehead atoms. The second kappa shape index (κ2) is 5.69. The molecule has 5 heteroatoms. The maximum atomic E-state index is 11.3. The molecule has 0 spiro atoms. The number of hydrogen-bond acceptors (Lipinski definition) is 3. The third-order valence-corrected chi connectivity index (χ3v) is 3.91. The zero-order valence-electron chi connectivity index (χ0n) is 11.9.